The fraction of sp³-hybridized carbons (Fsp3) is 0.800. The standard InChI is InChI=1S/C10H15N3O2S/c1-3-10(14-5-6-15-10)4-2-8(1)12-9-13-11-7-16-9/h7-8H,1-6H2,(H,12,13). The summed E-state index contributed by atoms with van der Waals surface area (Å²) < 4.78 is 11.4. The summed E-state index contributed by atoms with van der Waals surface area (Å²) in [6.45, 7) is 1.49. The van der Waals surface area contributed by atoms with E-state index in [0.29, 0.717) is 6.04 Å². The maximum Gasteiger partial charge on any atom is 0.205 e. The van der Waals surface area contributed by atoms with E-state index in [4.69, 9.17) is 9.47 Å². The van der Waals surface area contributed by atoms with Crippen molar-refractivity contribution in [3.8, 4) is 0 Å². The Labute approximate surface area is 98.2 Å². The van der Waals surface area contributed by atoms with Gasteiger partial charge in [0.25, 0.3) is 0 Å². The van der Waals surface area contributed by atoms with Gasteiger partial charge in [-0.1, -0.05) is 11.3 Å². The van der Waals surface area contributed by atoms with E-state index in [-0.39, 0.29) is 5.79 Å². The van der Waals surface area contributed by atoms with E-state index in [1.54, 1.807) is 16.8 Å². The fourth-order valence-corrected chi connectivity index (χ4v) is 2.92. The van der Waals surface area contributed by atoms with E-state index in [1.807, 2.05) is 0 Å². The number of nitrogens with one attached hydrogen (secondary N) is 1. The molecule has 0 atom stereocenters. The van der Waals surface area contributed by atoms with E-state index in [9.17, 15) is 0 Å². The number of hydrogen-bond acceptors (Lipinski definition) is 6. The van der Waals surface area contributed by atoms with Crippen LogP contribution in [0.25, 0.3) is 0 Å². The first-order chi connectivity index (χ1) is 7.86. The lowest BCUT2D eigenvalue weighted by Gasteiger charge is -2.35. The van der Waals surface area contributed by atoms with Crippen LogP contribution in [0.2, 0.25) is 0 Å². The number of anilines is 1. The van der Waals surface area contributed by atoms with Gasteiger partial charge in [-0.3, -0.25) is 0 Å². The Morgan fingerprint density at radius 2 is 2.06 bits per heavy atom. The summed E-state index contributed by atoms with van der Waals surface area (Å²) in [4.78, 5) is 0. The molecule has 1 saturated heterocycles. The smallest absolute Gasteiger partial charge is 0.205 e. The first-order valence-electron chi connectivity index (χ1n) is 5.67. The lowest BCUT2D eigenvalue weighted by molar-refractivity contribution is -0.177. The molecule has 6 heteroatoms. The molecule has 2 fully saturated rings. The summed E-state index contributed by atoms with van der Waals surface area (Å²) in [6, 6.07) is 0.478. The maximum absolute atomic E-state index is 5.69. The van der Waals surface area contributed by atoms with Crippen LogP contribution >= 0.6 is 11.3 Å². The molecule has 2 heterocycles. The quantitative estimate of drug-likeness (QED) is 0.853. The lowest BCUT2D eigenvalue weighted by atomic mass is 9.90. The van der Waals surface area contributed by atoms with Crippen LogP contribution in [0.5, 0.6) is 0 Å². The van der Waals surface area contributed by atoms with Crippen LogP contribution in [0.1, 0.15) is 25.7 Å². The lowest BCUT2D eigenvalue weighted by Crippen LogP contribution is -2.39. The summed E-state index contributed by atoms with van der Waals surface area (Å²) >= 11 is 1.54. The van der Waals surface area contributed by atoms with Crippen molar-refractivity contribution in [1.82, 2.24) is 10.2 Å². The molecule has 1 aromatic heterocycles. The second-order valence-electron chi connectivity index (χ2n) is 4.27. The van der Waals surface area contributed by atoms with Crippen molar-refractivity contribution in [1.29, 1.82) is 0 Å². The molecule has 0 unspecified atom stereocenters. The van der Waals surface area contributed by atoms with Crippen molar-refractivity contribution >= 4 is 16.5 Å². The van der Waals surface area contributed by atoms with Gasteiger partial charge in [0.1, 0.15) is 5.51 Å². The number of hydrogen-bond donors (Lipinski definition) is 1. The van der Waals surface area contributed by atoms with Crippen molar-refractivity contribution in [3.63, 3.8) is 0 Å². The molecule has 1 aromatic rings. The zero-order valence-electron chi connectivity index (χ0n) is 9.02. The second kappa shape index (κ2) is 4.27. The van der Waals surface area contributed by atoms with E-state index in [1.165, 1.54) is 0 Å². The Kier molecular flexibility index (Phi) is 2.79. The molecule has 2 aliphatic rings. The van der Waals surface area contributed by atoms with Crippen LogP contribution in [-0.4, -0.2) is 35.2 Å². The van der Waals surface area contributed by atoms with Gasteiger partial charge < -0.3 is 14.8 Å². The third-order valence-electron chi connectivity index (χ3n) is 3.25. The van der Waals surface area contributed by atoms with Gasteiger partial charge in [-0.15, -0.1) is 10.2 Å². The minimum absolute atomic E-state index is 0.265. The van der Waals surface area contributed by atoms with Crippen LogP contribution in [0.15, 0.2) is 5.51 Å². The number of ether oxygens (including phenoxy) is 2. The van der Waals surface area contributed by atoms with E-state index >= 15 is 0 Å². The van der Waals surface area contributed by atoms with E-state index in [0.717, 1.165) is 44.0 Å². The third-order valence-corrected chi connectivity index (χ3v) is 3.87. The average molecular weight is 241 g/mol. The number of nitrogens with zero attached hydrogens (tertiary/aromatic N) is 2. The number of rotatable bonds is 2. The van der Waals surface area contributed by atoms with Crippen LogP contribution in [0, 0.1) is 0 Å². The van der Waals surface area contributed by atoms with Crippen molar-refractivity contribution in [2.45, 2.75) is 37.5 Å². The van der Waals surface area contributed by atoms with Gasteiger partial charge in [-0.2, -0.15) is 0 Å². The Morgan fingerprint density at radius 3 is 2.69 bits per heavy atom. The first kappa shape index (κ1) is 10.4. The minimum atomic E-state index is -0.265. The molecule has 88 valence electrons. The van der Waals surface area contributed by atoms with Gasteiger partial charge in [0.2, 0.25) is 5.13 Å². The summed E-state index contributed by atoms with van der Waals surface area (Å²) in [5, 5.41) is 12.1. The Balaban J connectivity index is 1.54. The zero-order valence-corrected chi connectivity index (χ0v) is 9.83. The highest BCUT2D eigenvalue weighted by Crippen LogP contribution is 2.36. The van der Waals surface area contributed by atoms with E-state index < -0.39 is 0 Å². The summed E-state index contributed by atoms with van der Waals surface area (Å²) in [5.74, 6) is -0.265. The van der Waals surface area contributed by atoms with Gasteiger partial charge in [0, 0.05) is 18.9 Å². The molecule has 1 aliphatic heterocycles. The van der Waals surface area contributed by atoms with Gasteiger partial charge in [0.05, 0.1) is 13.2 Å². The van der Waals surface area contributed by atoms with Gasteiger partial charge in [-0.05, 0) is 12.8 Å². The van der Waals surface area contributed by atoms with Crippen LogP contribution < -0.4 is 5.32 Å². The Hall–Kier alpha value is -0.720. The number of aromatic nitrogens is 2. The molecule has 1 aliphatic carbocycles. The predicted octanol–water partition coefficient (Wildman–Crippen LogP) is 1.64. The molecule has 3 rings (SSSR count). The second-order valence-corrected chi connectivity index (χ2v) is 5.10. The van der Waals surface area contributed by atoms with Gasteiger partial charge in [-0.25, -0.2) is 0 Å². The van der Waals surface area contributed by atoms with Crippen molar-refractivity contribution in [3.05, 3.63) is 5.51 Å². The van der Waals surface area contributed by atoms with Crippen LogP contribution in [0.4, 0.5) is 5.13 Å². The monoisotopic (exact) mass is 241 g/mol. The largest absolute Gasteiger partial charge is 0.357 e. The van der Waals surface area contributed by atoms with Gasteiger partial charge in [0.15, 0.2) is 5.79 Å². The molecule has 1 spiro atoms. The van der Waals surface area contributed by atoms with Crippen molar-refractivity contribution in [2.75, 3.05) is 18.5 Å². The molecule has 0 radical (unpaired) electrons. The molecular weight excluding hydrogens is 226 g/mol. The molecule has 0 bridgehead atoms. The third kappa shape index (κ3) is 2.05. The topological polar surface area (TPSA) is 56.3 Å². The summed E-state index contributed by atoms with van der Waals surface area (Å²) in [6.07, 6.45) is 4.09. The van der Waals surface area contributed by atoms with Crippen LogP contribution in [0.3, 0.4) is 0 Å². The molecular formula is C10H15N3O2S. The Morgan fingerprint density at radius 1 is 1.31 bits per heavy atom. The highest BCUT2D eigenvalue weighted by molar-refractivity contribution is 7.13. The predicted molar refractivity (Wildman–Crippen MR) is 60.4 cm³/mol. The molecule has 0 aromatic carbocycles. The highest BCUT2D eigenvalue weighted by Gasteiger charge is 2.40. The van der Waals surface area contributed by atoms with Crippen molar-refractivity contribution < 1.29 is 9.47 Å². The highest BCUT2D eigenvalue weighted by atomic mass is 32.1. The van der Waals surface area contributed by atoms with Crippen LogP contribution in [-0.2, 0) is 9.47 Å². The first-order valence-corrected chi connectivity index (χ1v) is 6.55. The molecule has 1 N–H and O–H groups in total. The van der Waals surface area contributed by atoms with E-state index in [2.05, 4.69) is 15.5 Å². The molecule has 16 heavy (non-hydrogen) atoms. The van der Waals surface area contributed by atoms with Gasteiger partial charge >= 0.3 is 0 Å². The average Bonchev–Trinajstić information content (AvgIpc) is 2.94. The molecule has 0 amide bonds. The Bertz CT molecular complexity index is 328. The zero-order chi connectivity index (χ0) is 10.8. The summed E-state index contributed by atoms with van der Waals surface area (Å²) in [5.41, 5.74) is 1.75. The molecule has 5 nitrogen and oxygen atoms in total. The fourth-order valence-electron chi connectivity index (χ4n) is 2.40. The maximum atomic E-state index is 5.69. The normalized spacial score (nSPS) is 25.0. The molecule has 1 saturated carbocycles. The SMILES string of the molecule is c1nnc(NC2CCC3(CC2)OCCO3)s1. The minimum Gasteiger partial charge on any atom is -0.357 e. The van der Waals surface area contributed by atoms with Crippen molar-refractivity contribution in [2.24, 2.45) is 0 Å². The summed E-state index contributed by atoms with van der Waals surface area (Å²) in [7, 11) is 0.